The highest BCUT2D eigenvalue weighted by molar-refractivity contribution is 14.2. The number of aryl methyl sites for hydroxylation is 1. The Morgan fingerprint density at radius 1 is 1.44 bits per heavy atom. The molecule has 25 heavy (non-hydrogen) atoms. The number of pyridine rings is 1. The molecule has 10 heteroatoms. The molecule has 1 aliphatic heterocycles. The van der Waals surface area contributed by atoms with Crippen LogP contribution in [0.25, 0.3) is 11.0 Å². The highest BCUT2D eigenvalue weighted by atomic mass is 127. The predicted molar refractivity (Wildman–Crippen MR) is 103 cm³/mol. The lowest BCUT2D eigenvalue weighted by Crippen LogP contribution is -2.29. The standard InChI is InChI=1S/C15H18IN3O5S/c1-18-11(20)8-10(24-25-16)13-14(18)17-9-19(15(13)21)5-7-23-12-4-2-3-6-22-12/h8-9,12H,2-7H2,1H3. The van der Waals surface area contributed by atoms with E-state index in [1.54, 1.807) is 7.05 Å². The second-order valence-electron chi connectivity index (χ2n) is 5.66. The smallest absolute Gasteiger partial charge is 0.266 e. The molecule has 3 heterocycles. The van der Waals surface area contributed by atoms with Gasteiger partial charge in [-0.05, 0) is 19.3 Å². The molecule has 0 amide bonds. The first kappa shape index (κ1) is 18.7. The van der Waals surface area contributed by atoms with E-state index >= 15 is 0 Å². The summed E-state index contributed by atoms with van der Waals surface area (Å²) in [6, 6.07) is 1.30. The number of ether oxygens (including phenoxy) is 2. The third-order valence-corrected chi connectivity index (χ3v) is 4.84. The molecule has 0 spiro atoms. The van der Waals surface area contributed by atoms with Crippen LogP contribution in [0.4, 0.5) is 0 Å². The zero-order chi connectivity index (χ0) is 17.8. The Balaban J connectivity index is 1.85. The molecule has 136 valence electrons. The zero-order valence-electron chi connectivity index (χ0n) is 13.6. The topological polar surface area (TPSA) is 84.6 Å². The maximum Gasteiger partial charge on any atom is 0.266 e. The molecule has 1 aliphatic rings. The van der Waals surface area contributed by atoms with Crippen LogP contribution in [0.2, 0.25) is 0 Å². The Morgan fingerprint density at radius 2 is 2.28 bits per heavy atom. The van der Waals surface area contributed by atoms with Crippen LogP contribution >= 0.6 is 30.4 Å². The number of nitrogens with zero attached hydrogens (tertiary/aromatic N) is 3. The van der Waals surface area contributed by atoms with Gasteiger partial charge in [-0.15, -0.1) is 0 Å². The molecular formula is C15H18IN3O5S. The Bertz CT molecular complexity index is 863. The van der Waals surface area contributed by atoms with Crippen molar-refractivity contribution in [2.24, 2.45) is 7.05 Å². The molecule has 3 rings (SSSR count). The molecule has 2 aromatic heterocycles. The van der Waals surface area contributed by atoms with Gasteiger partial charge in [-0.1, -0.05) is 0 Å². The second kappa shape index (κ2) is 8.52. The van der Waals surface area contributed by atoms with Gasteiger partial charge in [0, 0.05) is 40.9 Å². The summed E-state index contributed by atoms with van der Waals surface area (Å²) in [5.74, 6) is 0.223. The van der Waals surface area contributed by atoms with Gasteiger partial charge in [0.1, 0.15) is 14.6 Å². The van der Waals surface area contributed by atoms with Gasteiger partial charge in [-0.3, -0.25) is 18.7 Å². The Hall–Kier alpha value is -1.11. The van der Waals surface area contributed by atoms with E-state index in [1.165, 1.54) is 21.5 Å². The van der Waals surface area contributed by atoms with E-state index in [1.807, 2.05) is 21.2 Å². The Kier molecular flexibility index (Phi) is 6.36. The van der Waals surface area contributed by atoms with Crippen molar-refractivity contribution in [1.82, 2.24) is 14.1 Å². The quantitative estimate of drug-likeness (QED) is 0.463. The van der Waals surface area contributed by atoms with E-state index < -0.39 is 0 Å². The van der Waals surface area contributed by atoms with Crippen LogP contribution in [-0.4, -0.2) is 33.6 Å². The third-order valence-electron chi connectivity index (χ3n) is 4.06. The van der Waals surface area contributed by atoms with Crippen LogP contribution in [0.1, 0.15) is 19.3 Å². The second-order valence-corrected chi connectivity index (χ2v) is 7.03. The van der Waals surface area contributed by atoms with Crippen molar-refractivity contribution in [2.75, 3.05) is 13.2 Å². The van der Waals surface area contributed by atoms with E-state index in [-0.39, 0.29) is 28.5 Å². The first-order valence-corrected chi connectivity index (χ1v) is 11.2. The van der Waals surface area contributed by atoms with E-state index in [0.717, 1.165) is 28.5 Å². The fraction of sp³-hybridized carbons (Fsp3) is 0.533. The molecule has 0 N–H and O–H groups in total. The maximum atomic E-state index is 12.8. The largest absolute Gasteiger partial charge is 0.414 e. The van der Waals surface area contributed by atoms with Gasteiger partial charge < -0.3 is 13.7 Å². The van der Waals surface area contributed by atoms with Gasteiger partial charge in [-0.25, -0.2) is 4.98 Å². The fourth-order valence-corrected chi connectivity index (χ4v) is 3.50. The number of aromatic nitrogens is 3. The molecule has 1 saturated heterocycles. The molecule has 0 aliphatic carbocycles. The molecule has 0 radical (unpaired) electrons. The summed E-state index contributed by atoms with van der Waals surface area (Å²) >= 11 is 1.93. The number of rotatable bonds is 6. The number of halogens is 1. The molecule has 8 nitrogen and oxygen atoms in total. The van der Waals surface area contributed by atoms with Crippen LogP contribution in [0.5, 0.6) is 5.75 Å². The average molecular weight is 479 g/mol. The van der Waals surface area contributed by atoms with Crippen molar-refractivity contribution in [3.05, 3.63) is 33.1 Å². The maximum absolute atomic E-state index is 12.8. The lowest BCUT2D eigenvalue weighted by Gasteiger charge is -2.22. The molecule has 1 atom stereocenters. The van der Waals surface area contributed by atoms with E-state index in [0.29, 0.717) is 25.4 Å². The average Bonchev–Trinajstić information content (AvgIpc) is 2.62. The molecule has 0 saturated carbocycles. The summed E-state index contributed by atoms with van der Waals surface area (Å²) in [4.78, 5) is 29.0. The first-order chi connectivity index (χ1) is 12.1. The van der Waals surface area contributed by atoms with Crippen molar-refractivity contribution < 1.29 is 13.7 Å². The Labute approximate surface area is 160 Å². The van der Waals surface area contributed by atoms with Crippen molar-refractivity contribution in [3.63, 3.8) is 0 Å². The number of hydrogen-bond acceptors (Lipinski definition) is 7. The van der Waals surface area contributed by atoms with Gasteiger partial charge >= 0.3 is 0 Å². The normalized spacial score (nSPS) is 17.8. The summed E-state index contributed by atoms with van der Waals surface area (Å²) < 4.78 is 19.3. The highest BCUT2D eigenvalue weighted by Gasteiger charge is 2.16. The molecule has 0 aromatic carbocycles. The third kappa shape index (κ3) is 4.18. The monoisotopic (exact) mass is 479 g/mol. The van der Waals surface area contributed by atoms with Crippen LogP contribution in [-0.2, 0) is 23.1 Å². The fourth-order valence-electron chi connectivity index (χ4n) is 2.72. The minimum Gasteiger partial charge on any atom is -0.414 e. The minimum absolute atomic E-state index is 0.201. The predicted octanol–water partition coefficient (Wildman–Crippen LogP) is 2.02. The summed E-state index contributed by atoms with van der Waals surface area (Å²) in [5, 5.41) is 0.280. The SMILES string of the molecule is Cn1c(=O)cc(OSI)c2c(=O)n(CCOC3CCCCO3)cnc21. The minimum atomic E-state index is -0.282. The lowest BCUT2D eigenvalue weighted by molar-refractivity contribution is -0.163. The number of hydrogen-bond donors (Lipinski definition) is 0. The van der Waals surface area contributed by atoms with Gasteiger partial charge in [0.15, 0.2) is 17.7 Å². The van der Waals surface area contributed by atoms with Gasteiger partial charge in [0.05, 0.1) is 19.5 Å². The summed E-state index contributed by atoms with van der Waals surface area (Å²) in [6.07, 6.45) is 4.25. The first-order valence-electron chi connectivity index (χ1n) is 7.89. The molecule has 2 aromatic rings. The van der Waals surface area contributed by atoms with Crippen molar-refractivity contribution >= 4 is 41.5 Å². The number of fused-ring (bicyclic) bond motifs is 1. The zero-order valence-corrected chi connectivity index (χ0v) is 16.6. The lowest BCUT2D eigenvalue weighted by atomic mass is 10.2. The van der Waals surface area contributed by atoms with Gasteiger partial charge in [-0.2, -0.15) is 0 Å². The molecular weight excluding hydrogens is 461 g/mol. The van der Waals surface area contributed by atoms with Crippen molar-refractivity contribution in [3.8, 4) is 5.75 Å². The van der Waals surface area contributed by atoms with Gasteiger partial charge in [0.2, 0.25) is 0 Å². The molecule has 0 bridgehead atoms. The van der Waals surface area contributed by atoms with Crippen LogP contribution in [0.3, 0.4) is 0 Å². The van der Waals surface area contributed by atoms with Crippen molar-refractivity contribution in [2.45, 2.75) is 32.1 Å². The van der Waals surface area contributed by atoms with Crippen LogP contribution in [0, 0.1) is 0 Å². The van der Waals surface area contributed by atoms with Gasteiger partial charge in [0.25, 0.3) is 11.1 Å². The summed E-state index contributed by atoms with van der Waals surface area (Å²) in [5.41, 5.74) is -0.254. The summed E-state index contributed by atoms with van der Waals surface area (Å²) in [7, 11) is 2.62. The van der Waals surface area contributed by atoms with Crippen molar-refractivity contribution in [1.29, 1.82) is 0 Å². The van der Waals surface area contributed by atoms with E-state index in [4.69, 9.17) is 13.7 Å². The van der Waals surface area contributed by atoms with Crippen LogP contribution in [0.15, 0.2) is 22.0 Å². The van der Waals surface area contributed by atoms with Crippen LogP contribution < -0.4 is 15.3 Å². The Morgan fingerprint density at radius 3 is 3.00 bits per heavy atom. The summed E-state index contributed by atoms with van der Waals surface area (Å²) in [6.45, 7) is 1.41. The molecule has 1 unspecified atom stereocenters. The van der Waals surface area contributed by atoms with E-state index in [2.05, 4.69) is 4.98 Å². The highest BCUT2D eigenvalue weighted by Crippen LogP contribution is 2.25. The molecule has 1 fully saturated rings. The van der Waals surface area contributed by atoms with E-state index in [9.17, 15) is 9.59 Å².